The molecule has 0 aliphatic rings. The first-order chi connectivity index (χ1) is 8.65. The van der Waals surface area contributed by atoms with Gasteiger partial charge in [-0.1, -0.05) is 19.4 Å². The highest BCUT2D eigenvalue weighted by Crippen LogP contribution is 2.21. The molecule has 0 aliphatic carbocycles. The molecule has 0 saturated carbocycles. The van der Waals surface area contributed by atoms with E-state index in [-0.39, 0.29) is 5.75 Å². The van der Waals surface area contributed by atoms with Gasteiger partial charge in [-0.05, 0) is 31.0 Å². The van der Waals surface area contributed by atoms with Crippen molar-refractivity contribution in [2.24, 2.45) is 0 Å². The third kappa shape index (κ3) is 5.02. The number of unbranched alkanes of at least 4 members (excludes halogenated alkanes) is 1. The minimum atomic E-state index is -0.675. The second-order valence-corrected chi connectivity index (χ2v) is 4.18. The van der Waals surface area contributed by atoms with Crippen LogP contribution in [0.2, 0.25) is 0 Å². The summed E-state index contributed by atoms with van der Waals surface area (Å²) in [5.74, 6) is -0.263. The van der Waals surface area contributed by atoms with Crippen LogP contribution in [0, 0.1) is 5.82 Å². The number of aliphatic hydroxyl groups excluding tert-OH is 1. The fourth-order valence-electron chi connectivity index (χ4n) is 1.45. The Balaban J connectivity index is 2.34. The van der Waals surface area contributed by atoms with Gasteiger partial charge in [0.2, 0.25) is 0 Å². The van der Waals surface area contributed by atoms with E-state index in [2.05, 4.69) is 6.92 Å². The second-order valence-electron chi connectivity index (χ2n) is 4.18. The van der Waals surface area contributed by atoms with Gasteiger partial charge in [-0.25, -0.2) is 4.39 Å². The van der Waals surface area contributed by atoms with E-state index < -0.39 is 11.9 Å². The zero-order chi connectivity index (χ0) is 13.4. The maximum absolute atomic E-state index is 13.6. The van der Waals surface area contributed by atoms with Gasteiger partial charge in [0.1, 0.15) is 6.61 Å². The first kappa shape index (κ1) is 14.9. The van der Waals surface area contributed by atoms with E-state index in [0.29, 0.717) is 25.4 Å². The van der Waals surface area contributed by atoms with Crippen molar-refractivity contribution in [1.82, 2.24) is 0 Å². The number of hydrogen-bond acceptors (Lipinski definition) is 3. The normalized spacial score (nSPS) is 12.4. The first-order valence-corrected chi connectivity index (χ1v) is 6.33. The highest BCUT2D eigenvalue weighted by atomic mass is 19.1. The van der Waals surface area contributed by atoms with Gasteiger partial charge in [0, 0.05) is 6.61 Å². The van der Waals surface area contributed by atoms with Gasteiger partial charge in [0.05, 0.1) is 12.7 Å². The topological polar surface area (TPSA) is 38.7 Å². The van der Waals surface area contributed by atoms with E-state index >= 15 is 0 Å². The smallest absolute Gasteiger partial charge is 0.165 e. The zero-order valence-corrected chi connectivity index (χ0v) is 11.0. The van der Waals surface area contributed by atoms with Crippen LogP contribution in [0.15, 0.2) is 18.2 Å². The lowest BCUT2D eigenvalue weighted by atomic mass is 10.1. The Morgan fingerprint density at radius 1 is 1.28 bits per heavy atom. The maximum Gasteiger partial charge on any atom is 0.165 e. The molecule has 3 nitrogen and oxygen atoms in total. The molecule has 0 heterocycles. The van der Waals surface area contributed by atoms with Crippen molar-refractivity contribution in [3.8, 4) is 5.75 Å². The first-order valence-electron chi connectivity index (χ1n) is 6.33. The SMILES string of the molecule is CCCCOCCOc1ccc([C@H](C)O)cc1F. The molecule has 0 radical (unpaired) electrons. The van der Waals surface area contributed by atoms with Crippen LogP contribution >= 0.6 is 0 Å². The van der Waals surface area contributed by atoms with E-state index in [0.717, 1.165) is 12.8 Å². The largest absolute Gasteiger partial charge is 0.488 e. The van der Waals surface area contributed by atoms with Crippen LogP contribution in [0.25, 0.3) is 0 Å². The van der Waals surface area contributed by atoms with E-state index in [1.165, 1.54) is 12.1 Å². The summed E-state index contributed by atoms with van der Waals surface area (Å²) in [5.41, 5.74) is 0.541. The van der Waals surface area contributed by atoms with Gasteiger partial charge in [-0.3, -0.25) is 0 Å². The lowest BCUT2D eigenvalue weighted by Gasteiger charge is -2.10. The molecule has 18 heavy (non-hydrogen) atoms. The minimum absolute atomic E-state index is 0.193. The molecule has 0 amide bonds. The van der Waals surface area contributed by atoms with Crippen molar-refractivity contribution in [2.75, 3.05) is 19.8 Å². The van der Waals surface area contributed by atoms with Crippen molar-refractivity contribution in [2.45, 2.75) is 32.8 Å². The fourth-order valence-corrected chi connectivity index (χ4v) is 1.45. The molecular weight excluding hydrogens is 235 g/mol. The molecule has 1 N–H and O–H groups in total. The summed E-state index contributed by atoms with van der Waals surface area (Å²) in [5, 5.41) is 9.31. The van der Waals surface area contributed by atoms with Crippen molar-refractivity contribution < 1.29 is 19.0 Å². The van der Waals surface area contributed by atoms with Crippen LogP contribution in [0.5, 0.6) is 5.75 Å². The lowest BCUT2D eigenvalue weighted by molar-refractivity contribution is 0.0966. The minimum Gasteiger partial charge on any atom is -0.488 e. The number of benzene rings is 1. The summed E-state index contributed by atoms with van der Waals surface area (Å²) in [4.78, 5) is 0. The van der Waals surface area contributed by atoms with Gasteiger partial charge in [-0.2, -0.15) is 0 Å². The predicted molar refractivity (Wildman–Crippen MR) is 68.3 cm³/mol. The Kier molecular flexibility index (Phi) is 6.68. The molecule has 1 atom stereocenters. The van der Waals surface area contributed by atoms with E-state index in [1.54, 1.807) is 13.0 Å². The number of hydrogen-bond donors (Lipinski definition) is 1. The third-order valence-corrected chi connectivity index (χ3v) is 2.57. The summed E-state index contributed by atoms with van der Waals surface area (Å²) in [6.07, 6.45) is 1.44. The molecule has 1 aromatic rings. The number of halogens is 1. The molecule has 1 aromatic carbocycles. The molecule has 102 valence electrons. The van der Waals surface area contributed by atoms with E-state index in [1.807, 2.05) is 0 Å². The Morgan fingerprint density at radius 3 is 2.67 bits per heavy atom. The quantitative estimate of drug-likeness (QED) is 0.726. The molecule has 0 unspecified atom stereocenters. The van der Waals surface area contributed by atoms with Crippen LogP contribution in [0.3, 0.4) is 0 Å². The summed E-state index contributed by atoms with van der Waals surface area (Å²) in [6, 6.07) is 4.47. The van der Waals surface area contributed by atoms with Crippen LogP contribution in [0.1, 0.15) is 38.4 Å². The van der Waals surface area contributed by atoms with Gasteiger partial charge in [0.15, 0.2) is 11.6 Å². The summed E-state index contributed by atoms with van der Waals surface area (Å²) in [6.45, 7) is 5.19. The van der Waals surface area contributed by atoms with Crippen LogP contribution < -0.4 is 4.74 Å². The molecule has 0 aromatic heterocycles. The lowest BCUT2D eigenvalue weighted by Crippen LogP contribution is -2.08. The third-order valence-electron chi connectivity index (χ3n) is 2.57. The molecule has 0 spiro atoms. The highest BCUT2D eigenvalue weighted by Gasteiger charge is 2.07. The van der Waals surface area contributed by atoms with Crippen molar-refractivity contribution >= 4 is 0 Å². The van der Waals surface area contributed by atoms with Crippen LogP contribution in [0.4, 0.5) is 4.39 Å². The van der Waals surface area contributed by atoms with Crippen molar-refractivity contribution in [1.29, 1.82) is 0 Å². The molecule has 0 aliphatic heterocycles. The van der Waals surface area contributed by atoms with Gasteiger partial charge >= 0.3 is 0 Å². The molecule has 1 rings (SSSR count). The van der Waals surface area contributed by atoms with Crippen LogP contribution in [-0.2, 0) is 4.74 Å². The fraction of sp³-hybridized carbons (Fsp3) is 0.571. The van der Waals surface area contributed by atoms with E-state index in [4.69, 9.17) is 9.47 Å². The Morgan fingerprint density at radius 2 is 2.06 bits per heavy atom. The second kappa shape index (κ2) is 8.06. The van der Waals surface area contributed by atoms with Crippen molar-refractivity contribution in [3.05, 3.63) is 29.6 Å². The monoisotopic (exact) mass is 256 g/mol. The Labute approximate surface area is 108 Å². The predicted octanol–water partition coefficient (Wildman–Crippen LogP) is 3.07. The molecule has 4 heteroatoms. The van der Waals surface area contributed by atoms with Crippen LogP contribution in [-0.4, -0.2) is 24.9 Å². The number of rotatable bonds is 8. The molecule has 0 bridgehead atoms. The standard InChI is InChI=1S/C14H21FO3/c1-3-4-7-17-8-9-18-14-6-5-12(11(2)16)10-13(14)15/h5-6,10-11,16H,3-4,7-9H2,1-2H3/t11-/m0/s1. The Hall–Kier alpha value is -1.13. The molecule has 0 fully saturated rings. The average Bonchev–Trinajstić information content (AvgIpc) is 2.35. The number of ether oxygens (including phenoxy) is 2. The van der Waals surface area contributed by atoms with Gasteiger partial charge in [-0.15, -0.1) is 0 Å². The highest BCUT2D eigenvalue weighted by molar-refractivity contribution is 5.30. The zero-order valence-electron chi connectivity index (χ0n) is 11.0. The molecular formula is C14H21FO3. The summed E-state index contributed by atoms with van der Waals surface area (Å²) >= 11 is 0. The maximum atomic E-state index is 13.6. The summed E-state index contributed by atoms with van der Waals surface area (Å²) < 4.78 is 24.1. The summed E-state index contributed by atoms with van der Waals surface area (Å²) in [7, 11) is 0. The average molecular weight is 256 g/mol. The van der Waals surface area contributed by atoms with Crippen molar-refractivity contribution in [3.63, 3.8) is 0 Å². The molecule has 0 saturated heterocycles. The van der Waals surface area contributed by atoms with E-state index in [9.17, 15) is 9.50 Å². The van der Waals surface area contributed by atoms with Gasteiger partial charge < -0.3 is 14.6 Å². The number of aliphatic hydroxyl groups is 1. The van der Waals surface area contributed by atoms with Gasteiger partial charge in [0.25, 0.3) is 0 Å². The Bertz CT molecular complexity index is 353.